The van der Waals surface area contributed by atoms with Crippen molar-refractivity contribution in [2.24, 2.45) is 5.41 Å². The van der Waals surface area contributed by atoms with Gasteiger partial charge in [-0.3, -0.25) is 0 Å². The van der Waals surface area contributed by atoms with Crippen molar-refractivity contribution in [3.8, 4) is 5.88 Å². The van der Waals surface area contributed by atoms with Gasteiger partial charge in [0.2, 0.25) is 5.88 Å². The molecule has 19 heavy (non-hydrogen) atoms. The number of aromatic nitrogens is 1. The lowest BCUT2D eigenvalue weighted by molar-refractivity contribution is 0.234. The molecule has 1 aromatic rings. The van der Waals surface area contributed by atoms with Crippen molar-refractivity contribution in [3.05, 3.63) is 12.1 Å². The highest BCUT2D eigenvalue weighted by molar-refractivity contribution is 5.54. The van der Waals surface area contributed by atoms with Crippen molar-refractivity contribution < 1.29 is 4.74 Å². The molecule has 0 radical (unpaired) electrons. The normalized spacial score (nSPS) is 13.5. The zero-order valence-corrected chi connectivity index (χ0v) is 13.2. The Morgan fingerprint density at radius 1 is 1.21 bits per heavy atom. The summed E-state index contributed by atoms with van der Waals surface area (Å²) in [6, 6.07) is 4.15. The Kier molecular flexibility index (Phi) is 4.66. The van der Waals surface area contributed by atoms with Crippen molar-refractivity contribution in [3.63, 3.8) is 0 Å². The van der Waals surface area contributed by atoms with E-state index in [1.54, 1.807) is 0 Å². The molecule has 0 aromatic carbocycles. The third-order valence-electron chi connectivity index (χ3n) is 3.42. The zero-order valence-electron chi connectivity index (χ0n) is 13.2. The summed E-state index contributed by atoms with van der Waals surface area (Å²) in [5.74, 6) is 1.40. The van der Waals surface area contributed by atoms with Gasteiger partial charge in [0, 0.05) is 13.1 Å². The van der Waals surface area contributed by atoms with E-state index < -0.39 is 0 Å². The molecule has 4 heteroatoms. The quantitative estimate of drug-likeness (QED) is 0.907. The van der Waals surface area contributed by atoms with Crippen LogP contribution in [0.1, 0.15) is 41.5 Å². The lowest BCUT2D eigenvalue weighted by Crippen LogP contribution is -2.39. The molecule has 0 fully saturated rings. The molecule has 0 amide bonds. The van der Waals surface area contributed by atoms with Crippen LogP contribution in [0.25, 0.3) is 0 Å². The van der Waals surface area contributed by atoms with Crippen LogP contribution in [0.5, 0.6) is 5.88 Å². The average molecular weight is 265 g/mol. The van der Waals surface area contributed by atoms with Gasteiger partial charge in [-0.15, -0.1) is 0 Å². The first-order chi connectivity index (χ1) is 8.62. The molecule has 0 aliphatic heterocycles. The molecule has 0 spiro atoms. The number of nitrogen functional groups attached to an aromatic ring is 1. The second-order valence-corrected chi connectivity index (χ2v) is 6.38. The molecule has 1 heterocycles. The number of rotatable bonds is 4. The van der Waals surface area contributed by atoms with Gasteiger partial charge in [-0.1, -0.05) is 20.8 Å². The molecule has 1 unspecified atom stereocenters. The number of anilines is 2. The van der Waals surface area contributed by atoms with Gasteiger partial charge in [-0.25, -0.2) is 0 Å². The summed E-state index contributed by atoms with van der Waals surface area (Å²) in [5.41, 5.74) is 6.65. The molecule has 0 aliphatic rings. The Balaban J connectivity index is 3.01. The average Bonchev–Trinajstić information content (AvgIpc) is 2.28. The van der Waals surface area contributed by atoms with Crippen LogP contribution in [0.15, 0.2) is 12.1 Å². The van der Waals surface area contributed by atoms with Gasteiger partial charge in [-0.05, 0) is 38.3 Å². The standard InChI is InChI=1S/C15H27N3O/c1-10(2)19-14-12(16)8-9-13(17-14)18(7)11(3)15(4,5)6/h8-11H,16H2,1-7H3. The van der Waals surface area contributed by atoms with Crippen molar-refractivity contribution in [1.82, 2.24) is 4.98 Å². The smallest absolute Gasteiger partial charge is 0.239 e. The van der Waals surface area contributed by atoms with E-state index in [0.717, 1.165) is 5.82 Å². The maximum Gasteiger partial charge on any atom is 0.239 e. The lowest BCUT2D eigenvalue weighted by atomic mass is 9.87. The van der Waals surface area contributed by atoms with Gasteiger partial charge < -0.3 is 15.4 Å². The Morgan fingerprint density at radius 3 is 2.26 bits per heavy atom. The van der Waals surface area contributed by atoms with E-state index in [9.17, 15) is 0 Å². The Morgan fingerprint density at radius 2 is 1.79 bits per heavy atom. The van der Waals surface area contributed by atoms with Crippen LogP contribution < -0.4 is 15.4 Å². The predicted molar refractivity (Wildman–Crippen MR) is 81.7 cm³/mol. The zero-order chi connectivity index (χ0) is 14.8. The van der Waals surface area contributed by atoms with E-state index in [1.165, 1.54) is 0 Å². The van der Waals surface area contributed by atoms with Crippen LogP contribution in [-0.2, 0) is 0 Å². The van der Waals surface area contributed by atoms with Crippen molar-refractivity contribution >= 4 is 11.5 Å². The summed E-state index contributed by atoms with van der Waals surface area (Å²) in [6.07, 6.45) is 0.0652. The minimum Gasteiger partial charge on any atom is -0.473 e. The monoisotopic (exact) mass is 265 g/mol. The van der Waals surface area contributed by atoms with Crippen molar-refractivity contribution in [2.45, 2.75) is 53.7 Å². The maximum absolute atomic E-state index is 5.89. The fourth-order valence-electron chi connectivity index (χ4n) is 1.73. The molecule has 0 aliphatic carbocycles. The number of hydrogen-bond acceptors (Lipinski definition) is 4. The Bertz CT molecular complexity index is 424. The molecule has 0 bridgehead atoms. The van der Waals surface area contributed by atoms with Gasteiger partial charge in [0.05, 0.1) is 11.8 Å². The molecule has 2 N–H and O–H groups in total. The number of hydrogen-bond donors (Lipinski definition) is 1. The van der Waals surface area contributed by atoms with Gasteiger partial charge in [0.1, 0.15) is 5.82 Å². The lowest BCUT2D eigenvalue weighted by Gasteiger charge is -2.36. The van der Waals surface area contributed by atoms with E-state index >= 15 is 0 Å². The fraction of sp³-hybridized carbons (Fsp3) is 0.667. The Hall–Kier alpha value is -1.45. The largest absolute Gasteiger partial charge is 0.473 e. The maximum atomic E-state index is 5.89. The van der Waals surface area contributed by atoms with Gasteiger partial charge in [0.15, 0.2) is 0 Å². The highest BCUT2D eigenvalue weighted by Gasteiger charge is 2.25. The van der Waals surface area contributed by atoms with E-state index in [1.807, 2.05) is 33.0 Å². The van der Waals surface area contributed by atoms with Crippen molar-refractivity contribution in [1.29, 1.82) is 0 Å². The second kappa shape index (κ2) is 5.68. The second-order valence-electron chi connectivity index (χ2n) is 6.38. The fourth-order valence-corrected chi connectivity index (χ4v) is 1.73. The third-order valence-corrected chi connectivity index (χ3v) is 3.42. The molecular weight excluding hydrogens is 238 g/mol. The van der Waals surface area contributed by atoms with Crippen LogP contribution in [-0.4, -0.2) is 24.2 Å². The van der Waals surface area contributed by atoms with Gasteiger partial charge >= 0.3 is 0 Å². The number of pyridine rings is 1. The van der Waals surface area contributed by atoms with E-state index in [-0.39, 0.29) is 11.5 Å². The van der Waals surface area contributed by atoms with E-state index in [0.29, 0.717) is 17.6 Å². The first kappa shape index (κ1) is 15.6. The summed E-state index contributed by atoms with van der Waals surface area (Å²) in [5, 5.41) is 0. The van der Waals surface area contributed by atoms with E-state index in [2.05, 4.69) is 37.6 Å². The Labute approximate surface area is 117 Å². The number of nitrogens with zero attached hydrogens (tertiary/aromatic N) is 2. The minimum atomic E-state index is 0.0652. The highest BCUT2D eigenvalue weighted by Crippen LogP contribution is 2.29. The van der Waals surface area contributed by atoms with E-state index in [4.69, 9.17) is 10.5 Å². The molecule has 1 rings (SSSR count). The number of ether oxygens (including phenoxy) is 1. The highest BCUT2D eigenvalue weighted by atomic mass is 16.5. The number of nitrogens with two attached hydrogens (primary N) is 1. The van der Waals surface area contributed by atoms with Crippen LogP contribution in [0.2, 0.25) is 0 Å². The van der Waals surface area contributed by atoms with Crippen LogP contribution >= 0.6 is 0 Å². The molecule has 108 valence electrons. The van der Waals surface area contributed by atoms with Crippen molar-refractivity contribution in [2.75, 3.05) is 17.7 Å². The molecule has 1 atom stereocenters. The molecular formula is C15H27N3O. The van der Waals surface area contributed by atoms with Crippen LogP contribution in [0.3, 0.4) is 0 Å². The summed E-state index contributed by atoms with van der Waals surface area (Å²) in [4.78, 5) is 6.68. The third kappa shape index (κ3) is 4.01. The first-order valence-corrected chi connectivity index (χ1v) is 6.79. The predicted octanol–water partition coefficient (Wildman–Crippen LogP) is 3.32. The topological polar surface area (TPSA) is 51.4 Å². The SMILES string of the molecule is CC(C)Oc1nc(N(C)C(C)C(C)(C)C)ccc1N. The summed E-state index contributed by atoms with van der Waals surface area (Å²) in [6.45, 7) is 12.8. The summed E-state index contributed by atoms with van der Waals surface area (Å²) >= 11 is 0. The molecule has 0 saturated heterocycles. The van der Waals surface area contributed by atoms with Crippen LogP contribution in [0, 0.1) is 5.41 Å². The van der Waals surface area contributed by atoms with Crippen LogP contribution in [0.4, 0.5) is 11.5 Å². The van der Waals surface area contributed by atoms with Gasteiger partial charge in [0.25, 0.3) is 0 Å². The molecule has 1 aromatic heterocycles. The first-order valence-electron chi connectivity index (χ1n) is 6.79. The molecule has 0 saturated carbocycles. The summed E-state index contributed by atoms with van der Waals surface area (Å²) in [7, 11) is 2.05. The molecule has 4 nitrogen and oxygen atoms in total. The minimum absolute atomic E-state index is 0.0652. The van der Waals surface area contributed by atoms with Gasteiger partial charge in [-0.2, -0.15) is 4.98 Å². The summed E-state index contributed by atoms with van der Waals surface area (Å²) < 4.78 is 5.64.